The van der Waals surface area contributed by atoms with Crippen molar-refractivity contribution in [1.29, 1.82) is 0 Å². The highest BCUT2D eigenvalue weighted by Gasteiger charge is 2.21. The van der Waals surface area contributed by atoms with Gasteiger partial charge in [0.1, 0.15) is 0 Å². The van der Waals surface area contributed by atoms with Gasteiger partial charge in [0, 0.05) is 55.5 Å². The van der Waals surface area contributed by atoms with Gasteiger partial charge in [0.05, 0.1) is 12.2 Å². The van der Waals surface area contributed by atoms with Crippen molar-refractivity contribution < 1.29 is 9.59 Å². The van der Waals surface area contributed by atoms with Gasteiger partial charge in [0.25, 0.3) is 5.56 Å². The van der Waals surface area contributed by atoms with Crippen LogP contribution in [0.5, 0.6) is 0 Å². The van der Waals surface area contributed by atoms with Crippen LogP contribution in [-0.2, 0) is 11.3 Å². The minimum absolute atomic E-state index is 0.0241. The van der Waals surface area contributed by atoms with E-state index in [0.29, 0.717) is 24.3 Å². The number of ketones is 1. The third-order valence-corrected chi connectivity index (χ3v) is 6.02. The average molecular weight is 445 g/mol. The maximum Gasteiger partial charge on any atom is 0.266 e. The molecule has 0 bridgehead atoms. The highest BCUT2D eigenvalue weighted by Crippen LogP contribution is 2.18. The fourth-order valence-electron chi connectivity index (χ4n) is 3.97. The molecule has 1 amide bonds. The Bertz CT molecular complexity index is 1190. The number of anilines is 1. The average Bonchev–Trinajstić information content (AvgIpc) is 2.84. The van der Waals surface area contributed by atoms with Crippen LogP contribution in [0, 0.1) is 6.92 Å². The van der Waals surface area contributed by atoms with Gasteiger partial charge >= 0.3 is 0 Å². The second kappa shape index (κ2) is 9.81. The quantitative estimate of drug-likeness (QED) is 0.546. The molecule has 0 N–H and O–H groups in total. The van der Waals surface area contributed by atoms with Crippen molar-refractivity contribution in [2.45, 2.75) is 26.8 Å². The first-order chi connectivity index (χ1) is 15.9. The Balaban J connectivity index is 1.33. The summed E-state index contributed by atoms with van der Waals surface area (Å²) in [6.07, 6.45) is 0.234. The zero-order chi connectivity index (χ0) is 23.4. The van der Waals surface area contributed by atoms with Gasteiger partial charge in [-0.05, 0) is 44.2 Å². The summed E-state index contributed by atoms with van der Waals surface area (Å²) in [5.74, 6) is 0.0750. The maximum absolute atomic E-state index is 12.8. The lowest BCUT2D eigenvalue weighted by Gasteiger charge is -2.36. The number of carbonyl (C=O) groups excluding carboxylic acids is 2. The van der Waals surface area contributed by atoms with Crippen molar-refractivity contribution in [2.24, 2.45) is 0 Å². The minimum atomic E-state index is -0.211. The third kappa shape index (κ3) is 5.37. The fraction of sp³-hybridized carbons (Fsp3) is 0.308. The van der Waals surface area contributed by atoms with Crippen LogP contribution >= 0.6 is 0 Å². The number of carbonyl (C=O) groups is 2. The normalized spacial score (nSPS) is 13.8. The van der Waals surface area contributed by atoms with Gasteiger partial charge in [-0.25, -0.2) is 4.68 Å². The number of aromatic nitrogens is 2. The van der Waals surface area contributed by atoms with E-state index < -0.39 is 0 Å². The number of hydrogen-bond donors (Lipinski definition) is 0. The Kier molecular flexibility index (Phi) is 6.68. The van der Waals surface area contributed by atoms with Crippen LogP contribution in [0.1, 0.15) is 29.3 Å². The summed E-state index contributed by atoms with van der Waals surface area (Å²) in [7, 11) is 0. The van der Waals surface area contributed by atoms with E-state index in [1.165, 1.54) is 10.7 Å². The van der Waals surface area contributed by atoms with Crippen LogP contribution in [0.25, 0.3) is 11.3 Å². The molecule has 0 spiro atoms. The summed E-state index contributed by atoms with van der Waals surface area (Å²) in [5, 5.41) is 4.46. The number of aryl methyl sites for hydroxylation is 2. The molecular weight excluding hydrogens is 416 g/mol. The van der Waals surface area contributed by atoms with E-state index in [9.17, 15) is 14.4 Å². The van der Waals surface area contributed by atoms with Gasteiger partial charge in [-0.15, -0.1) is 0 Å². The Morgan fingerprint density at radius 3 is 2.18 bits per heavy atom. The second-order valence-corrected chi connectivity index (χ2v) is 8.37. The van der Waals surface area contributed by atoms with Gasteiger partial charge in [-0.1, -0.05) is 29.8 Å². The molecule has 0 unspecified atom stereocenters. The largest absolute Gasteiger partial charge is 0.368 e. The molecule has 7 nitrogen and oxygen atoms in total. The van der Waals surface area contributed by atoms with Crippen molar-refractivity contribution in [3.63, 3.8) is 0 Å². The predicted octanol–water partition coefficient (Wildman–Crippen LogP) is 3.16. The lowest BCUT2D eigenvalue weighted by molar-refractivity contribution is -0.131. The van der Waals surface area contributed by atoms with Gasteiger partial charge in [-0.3, -0.25) is 14.4 Å². The van der Waals surface area contributed by atoms with Crippen molar-refractivity contribution in [3.05, 3.63) is 82.1 Å². The SMILES string of the molecule is CC(=O)c1ccc(N2CCN(C(=O)CCn3nc(-c4ccc(C)cc4)ccc3=O)CC2)cc1. The molecule has 2 heterocycles. The van der Waals surface area contributed by atoms with E-state index >= 15 is 0 Å². The number of benzene rings is 2. The highest BCUT2D eigenvalue weighted by atomic mass is 16.2. The molecule has 1 saturated heterocycles. The first-order valence-corrected chi connectivity index (χ1v) is 11.2. The number of hydrogen-bond acceptors (Lipinski definition) is 5. The molecule has 2 aromatic carbocycles. The lowest BCUT2D eigenvalue weighted by Crippen LogP contribution is -2.49. The first kappa shape index (κ1) is 22.5. The van der Waals surface area contributed by atoms with Gasteiger partial charge in [0.2, 0.25) is 5.91 Å². The van der Waals surface area contributed by atoms with Crippen LogP contribution < -0.4 is 10.5 Å². The Morgan fingerprint density at radius 2 is 1.55 bits per heavy atom. The van der Waals surface area contributed by atoms with Gasteiger partial charge in [-0.2, -0.15) is 5.10 Å². The summed E-state index contributed by atoms with van der Waals surface area (Å²) in [6.45, 7) is 6.54. The Morgan fingerprint density at radius 1 is 0.879 bits per heavy atom. The highest BCUT2D eigenvalue weighted by molar-refractivity contribution is 5.94. The molecule has 1 aliphatic heterocycles. The molecule has 0 aliphatic carbocycles. The molecule has 1 fully saturated rings. The van der Waals surface area contributed by atoms with E-state index in [1.807, 2.05) is 60.4 Å². The predicted molar refractivity (Wildman–Crippen MR) is 129 cm³/mol. The van der Waals surface area contributed by atoms with Crippen LogP contribution in [0.2, 0.25) is 0 Å². The Labute approximate surface area is 193 Å². The number of rotatable bonds is 6. The molecule has 33 heavy (non-hydrogen) atoms. The summed E-state index contributed by atoms with van der Waals surface area (Å²) < 4.78 is 1.37. The molecule has 1 aliphatic rings. The molecule has 1 aromatic heterocycles. The maximum atomic E-state index is 12.8. The van der Waals surface area contributed by atoms with Crippen LogP contribution in [0.15, 0.2) is 65.5 Å². The van der Waals surface area contributed by atoms with Crippen LogP contribution in [0.3, 0.4) is 0 Å². The monoisotopic (exact) mass is 444 g/mol. The van der Waals surface area contributed by atoms with Gasteiger partial charge < -0.3 is 9.80 Å². The summed E-state index contributed by atoms with van der Waals surface area (Å²) >= 11 is 0. The fourth-order valence-corrected chi connectivity index (χ4v) is 3.97. The molecule has 7 heteroatoms. The topological polar surface area (TPSA) is 75.5 Å². The number of piperazine rings is 1. The van der Waals surface area contributed by atoms with Gasteiger partial charge in [0.15, 0.2) is 5.78 Å². The second-order valence-electron chi connectivity index (χ2n) is 8.37. The third-order valence-electron chi connectivity index (χ3n) is 6.02. The molecule has 0 atom stereocenters. The van der Waals surface area contributed by atoms with Crippen molar-refractivity contribution >= 4 is 17.4 Å². The van der Waals surface area contributed by atoms with E-state index in [0.717, 1.165) is 29.9 Å². The first-order valence-electron chi connectivity index (χ1n) is 11.2. The van der Waals surface area contributed by atoms with Crippen molar-refractivity contribution in [1.82, 2.24) is 14.7 Å². The van der Waals surface area contributed by atoms with E-state index in [-0.39, 0.29) is 30.2 Å². The zero-order valence-corrected chi connectivity index (χ0v) is 19.0. The Hall–Kier alpha value is -3.74. The standard InChI is InChI=1S/C26H28N4O3/c1-19-3-5-22(6-4-19)24-11-12-26(33)30(27-24)14-13-25(32)29-17-15-28(16-18-29)23-9-7-21(8-10-23)20(2)31/h3-12H,13-18H2,1-2H3. The molecule has 0 radical (unpaired) electrons. The number of Topliss-reactive ketones (excluding diaryl/α,β-unsaturated/α-hetero) is 1. The van der Waals surface area contributed by atoms with E-state index in [1.54, 1.807) is 13.0 Å². The summed E-state index contributed by atoms with van der Waals surface area (Å²) in [6, 6.07) is 18.8. The summed E-state index contributed by atoms with van der Waals surface area (Å²) in [5.41, 5.74) is 4.35. The molecule has 3 aromatic rings. The summed E-state index contributed by atoms with van der Waals surface area (Å²) in [4.78, 5) is 40.5. The molecule has 170 valence electrons. The zero-order valence-electron chi connectivity index (χ0n) is 19.0. The van der Waals surface area contributed by atoms with Crippen LogP contribution in [0.4, 0.5) is 5.69 Å². The molecular formula is C26H28N4O3. The van der Waals surface area contributed by atoms with Crippen LogP contribution in [-0.4, -0.2) is 52.5 Å². The molecule has 0 saturated carbocycles. The number of nitrogens with zero attached hydrogens (tertiary/aromatic N) is 4. The number of amides is 1. The van der Waals surface area contributed by atoms with E-state index in [4.69, 9.17) is 0 Å². The lowest BCUT2D eigenvalue weighted by atomic mass is 10.1. The van der Waals surface area contributed by atoms with Crippen molar-refractivity contribution in [3.8, 4) is 11.3 Å². The smallest absolute Gasteiger partial charge is 0.266 e. The molecule has 4 rings (SSSR count). The minimum Gasteiger partial charge on any atom is -0.368 e. The van der Waals surface area contributed by atoms with Crippen molar-refractivity contribution in [2.75, 3.05) is 31.1 Å². The van der Waals surface area contributed by atoms with E-state index in [2.05, 4.69) is 10.00 Å².